The highest BCUT2D eigenvalue weighted by Crippen LogP contribution is 2.34. The zero-order chi connectivity index (χ0) is 29.1. The molecule has 0 aliphatic carbocycles. The molecule has 1 fully saturated rings. The third kappa shape index (κ3) is 8.05. The molecule has 2 aromatic heterocycles. The molecule has 9 nitrogen and oxygen atoms in total. The molecule has 0 spiro atoms. The van der Waals surface area contributed by atoms with E-state index in [1.165, 1.54) is 18.3 Å². The summed E-state index contributed by atoms with van der Waals surface area (Å²) in [6, 6.07) is 9.41. The van der Waals surface area contributed by atoms with Crippen LogP contribution in [0.15, 0.2) is 48.8 Å². The van der Waals surface area contributed by atoms with Crippen LogP contribution in [0.3, 0.4) is 0 Å². The van der Waals surface area contributed by atoms with E-state index in [2.05, 4.69) is 39.8 Å². The Morgan fingerprint density at radius 1 is 1.20 bits per heavy atom. The van der Waals surface area contributed by atoms with Crippen molar-refractivity contribution in [2.45, 2.75) is 57.7 Å². The number of alkyl halides is 3. The average Bonchev–Trinajstić information content (AvgIpc) is 3.47. The summed E-state index contributed by atoms with van der Waals surface area (Å²) in [5.41, 5.74) is 1.02. The number of pyridine rings is 1. The van der Waals surface area contributed by atoms with Gasteiger partial charge in [0.2, 0.25) is 0 Å². The number of carbonyl (C=O) groups is 1. The van der Waals surface area contributed by atoms with Gasteiger partial charge in [-0.25, -0.2) is 9.67 Å². The molecule has 1 amide bonds. The fourth-order valence-corrected chi connectivity index (χ4v) is 5.04. The van der Waals surface area contributed by atoms with Gasteiger partial charge in [-0.05, 0) is 55.8 Å². The Kier molecular flexibility index (Phi) is 8.56. The molecular formula is C27H34F3N5O4Si. The molecule has 40 heavy (non-hydrogen) atoms. The quantitative estimate of drug-likeness (QED) is 0.247. The molecule has 1 atom stereocenters. The predicted octanol–water partition coefficient (Wildman–Crippen LogP) is 5.37. The lowest BCUT2D eigenvalue weighted by Gasteiger charge is -2.23. The number of hydrogen-bond donors (Lipinski definition) is 2. The van der Waals surface area contributed by atoms with Crippen LogP contribution in [0.5, 0.6) is 5.75 Å². The summed E-state index contributed by atoms with van der Waals surface area (Å²) in [7, 11) is -1.26. The van der Waals surface area contributed by atoms with Gasteiger partial charge in [-0.2, -0.15) is 5.10 Å². The number of amides is 1. The fourth-order valence-electron chi connectivity index (χ4n) is 4.29. The minimum Gasteiger partial charge on any atom is -0.406 e. The number of hydrogen-bond acceptors (Lipinski definition) is 7. The first-order valence-electron chi connectivity index (χ1n) is 12.9. The number of carbonyl (C=O) groups excluding carboxylic acids is 1. The van der Waals surface area contributed by atoms with E-state index >= 15 is 0 Å². The Morgan fingerprint density at radius 3 is 2.55 bits per heavy atom. The maximum absolute atomic E-state index is 13.1. The average molecular weight is 578 g/mol. The monoisotopic (exact) mass is 577 g/mol. The summed E-state index contributed by atoms with van der Waals surface area (Å²) >= 11 is 0. The maximum Gasteiger partial charge on any atom is 0.573 e. The number of nitrogens with one attached hydrogen (secondary N) is 1. The van der Waals surface area contributed by atoms with Crippen molar-refractivity contribution in [2.24, 2.45) is 0 Å². The van der Waals surface area contributed by atoms with Crippen LogP contribution in [0, 0.1) is 0 Å². The molecule has 0 bridgehead atoms. The van der Waals surface area contributed by atoms with Gasteiger partial charge >= 0.3 is 6.36 Å². The van der Waals surface area contributed by atoms with Crippen LogP contribution in [-0.2, 0) is 11.5 Å². The smallest absolute Gasteiger partial charge is 0.406 e. The minimum absolute atomic E-state index is 0.229. The van der Waals surface area contributed by atoms with Crippen LogP contribution in [0.2, 0.25) is 25.7 Å². The van der Waals surface area contributed by atoms with E-state index in [9.17, 15) is 23.1 Å². The second-order valence-electron chi connectivity index (χ2n) is 11.4. The Labute approximate surface area is 231 Å². The van der Waals surface area contributed by atoms with Gasteiger partial charge in [-0.1, -0.05) is 19.6 Å². The first kappa shape index (κ1) is 29.6. The van der Waals surface area contributed by atoms with E-state index in [0.29, 0.717) is 48.9 Å². The number of benzene rings is 1. The van der Waals surface area contributed by atoms with Crippen molar-refractivity contribution >= 4 is 25.5 Å². The first-order valence-corrected chi connectivity index (χ1v) is 16.6. The highest BCUT2D eigenvalue weighted by Gasteiger charge is 2.34. The third-order valence-corrected chi connectivity index (χ3v) is 8.13. The van der Waals surface area contributed by atoms with Crippen LogP contribution in [0.25, 0.3) is 11.3 Å². The molecule has 0 radical (unpaired) electrons. The van der Waals surface area contributed by atoms with E-state index in [1.54, 1.807) is 23.9 Å². The second kappa shape index (κ2) is 11.6. The summed E-state index contributed by atoms with van der Waals surface area (Å²) in [4.78, 5) is 19.7. The summed E-state index contributed by atoms with van der Waals surface area (Å²) in [5.74, 6) is -0.275. The van der Waals surface area contributed by atoms with E-state index in [4.69, 9.17) is 4.74 Å². The van der Waals surface area contributed by atoms with Gasteiger partial charge in [-0.3, -0.25) is 4.79 Å². The van der Waals surface area contributed by atoms with Crippen molar-refractivity contribution in [1.29, 1.82) is 0 Å². The lowest BCUT2D eigenvalue weighted by atomic mass is 10.1. The van der Waals surface area contributed by atoms with E-state index in [-0.39, 0.29) is 18.0 Å². The molecule has 3 aromatic rings. The third-order valence-electron chi connectivity index (χ3n) is 6.43. The molecule has 1 aliphatic rings. The van der Waals surface area contributed by atoms with E-state index < -0.39 is 25.9 Å². The lowest BCUT2D eigenvalue weighted by molar-refractivity contribution is -0.274. The van der Waals surface area contributed by atoms with Crippen molar-refractivity contribution in [3.05, 3.63) is 54.4 Å². The molecule has 1 unspecified atom stereocenters. The van der Waals surface area contributed by atoms with Gasteiger partial charge in [0, 0.05) is 51.4 Å². The van der Waals surface area contributed by atoms with Crippen molar-refractivity contribution in [1.82, 2.24) is 14.8 Å². The largest absolute Gasteiger partial charge is 0.573 e. The molecule has 13 heteroatoms. The Balaban J connectivity index is 1.58. The normalized spacial score (nSPS) is 17.8. The van der Waals surface area contributed by atoms with Gasteiger partial charge in [0.25, 0.3) is 5.91 Å². The van der Waals surface area contributed by atoms with Crippen molar-refractivity contribution in [3.8, 4) is 17.0 Å². The van der Waals surface area contributed by atoms with E-state index in [0.717, 1.165) is 18.2 Å². The topological polar surface area (TPSA) is 102 Å². The van der Waals surface area contributed by atoms with Crippen LogP contribution < -0.4 is 15.0 Å². The molecule has 1 aliphatic heterocycles. The van der Waals surface area contributed by atoms with Crippen molar-refractivity contribution in [2.75, 3.05) is 29.9 Å². The van der Waals surface area contributed by atoms with Gasteiger partial charge < -0.3 is 24.8 Å². The number of halogens is 3. The molecule has 1 saturated heterocycles. The SMILES string of the molecule is CC1(O)CCN(c2ncc(C(=O)Nc3ccc(OC(F)(F)F)cc3)cc2-c2ccnn2COCC[Si](C)(C)C)C1. The fraction of sp³-hybridized carbons (Fsp3) is 0.444. The van der Waals surface area contributed by atoms with Gasteiger partial charge in [0.1, 0.15) is 18.3 Å². The molecule has 1 aromatic carbocycles. The van der Waals surface area contributed by atoms with Gasteiger partial charge in [0.05, 0.1) is 16.9 Å². The highest BCUT2D eigenvalue weighted by molar-refractivity contribution is 6.76. The zero-order valence-corrected chi connectivity index (χ0v) is 24.0. The number of β-amino-alcohol motifs (C(OH)–C–C–N with tert-alkyl or cyclic N) is 1. The van der Waals surface area contributed by atoms with Gasteiger partial charge in [0.15, 0.2) is 0 Å². The van der Waals surface area contributed by atoms with E-state index in [1.807, 2.05) is 11.0 Å². The van der Waals surface area contributed by atoms with Crippen LogP contribution in [0.1, 0.15) is 23.7 Å². The number of aliphatic hydroxyl groups is 1. The summed E-state index contributed by atoms with van der Waals surface area (Å²) in [6.45, 7) is 10.4. The van der Waals surface area contributed by atoms with Crippen molar-refractivity contribution < 1.29 is 32.5 Å². The Hall–Kier alpha value is -3.42. The summed E-state index contributed by atoms with van der Waals surface area (Å²) < 4.78 is 48.8. The van der Waals surface area contributed by atoms with Crippen LogP contribution in [0.4, 0.5) is 24.7 Å². The molecule has 2 N–H and O–H groups in total. The zero-order valence-electron chi connectivity index (χ0n) is 23.0. The van der Waals surface area contributed by atoms with Crippen molar-refractivity contribution in [3.63, 3.8) is 0 Å². The Morgan fingerprint density at radius 2 is 1.93 bits per heavy atom. The first-order chi connectivity index (χ1) is 18.7. The Bertz CT molecular complexity index is 1320. The lowest BCUT2D eigenvalue weighted by Crippen LogP contribution is -2.30. The second-order valence-corrected chi connectivity index (χ2v) is 17.0. The standard InChI is InChI=1S/C27H34F3N5O4Si/c1-26(37)10-12-34(17-26)24-22(23-9-11-32-35(23)18-38-13-14-40(2,3)4)15-19(16-31-24)25(36)33-20-5-7-21(8-6-20)39-27(28,29)30/h5-9,11,15-16,37H,10,12-14,17-18H2,1-4H3,(H,33,36). The number of aromatic nitrogens is 3. The minimum atomic E-state index is -4.80. The molecule has 216 valence electrons. The molecule has 4 rings (SSSR count). The summed E-state index contributed by atoms with van der Waals surface area (Å²) in [6.07, 6.45) is -1.14. The number of anilines is 2. The maximum atomic E-state index is 13.1. The van der Waals surface area contributed by atoms with Crippen LogP contribution in [-0.4, -0.2) is 65.5 Å². The predicted molar refractivity (Wildman–Crippen MR) is 148 cm³/mol. The number of ether oxygens (including phenoxy) is 2. The number of rotatable bonds is 10. The van der Waals surface area contributed by atoms with Gasteiger partial charge in [-0.15, -0.1) is 13.2 Å². The molecular weight excluding hydrogens is 543 g/mol. The molecule has 0 saturated carbocycles. The van der Waals surface area contributed by atoms with Crippen LogP contribution >= 0.6 is 0 Å². The summed E-state index contributed by atoms with van der Waals surface area (Å²) in [5, 5.41) is 17.7. The number of nitrogens with zero attached hydrogens (tertiary/aromatic N) is 4. The highest BCUT2D eigenvalue weighted by atomic mass is 28.3. The molecule has 3 heterocycles.